The lowest BCUT2D eigenvalue weighted by atomic mass is 9.68. The molecule has 0 radical (unpaired) electrons. The highest BCUT2D eigenvalue weighted by Crippen LogP contribution is 2.51. The number of alkyl halides is 3. The third kappa shape index (κ3) is 6.10. The van der Waals surface area contributed by atoms with Crippen LogP contribution in [0.4, 0.5) is 18.9 Å². The van der Waals surface area contributed by atoms with Gasteiger partial charge in [-0.2, -0.15) is 18.4 Å². The highest BCUT2D eigenvalue weighted by atomic mass is 35.5. The van der Waals surface area contributed by atoms with Crippen molar-refractivity contribution in [3.8, 4) is 6.07 Å². The zero-order chi connectivity index (χ0) is 32.1. The minimum atomic E-state index is -4.51. The number of carbonyl (C=O) groups is 1. The van der Waals surface area contributed by atoms with Gasteiger partial charge in [0.15, 0.2) is 5.78 Å². The number of ketones is 1. The maximum Gasteiger partial charge on any atom is 0.416 e. The molecule has 1 aliphatic carbocycles. The van der Waals surface area contributed by atoms with E-state index in [0.29, 0.717) is 39.2 Å². The predicted molar refractivity (Wildman–Crippen MR) is 170 cm³/mol. The molecule has 3 aromatic rings. The molecule has 1 atom stereocenters. The van der Waals surface area contributed by atoms with Crippen LogP contribution in [0.25, 0.3) is 0 Å². The van der Waals surface area contributed by atoms with E-state index in [1.165, 1.54) is 23.9 Å². The Morgan fingerprint density at radius 2 is 1.75 bits per heavy atom. The summed E-state index contributed by atoms with van der Waals surface area (Å²) in [5, 5.41) is 11.7. The first-order chi connectivity index (χ1) is 20.6. The van der Waals surface area contributed by atoms with Gasteiger partial charge in [0.2, 0.25) is 0 Å². The lowest BCUT2D eigenvalue weighted by Crippen LogP contribution is -2.42. The second kappa shape index (κ2) is 11.8. The maximum atomic E-state index is 14.0. The molecule has 5 rings (SSSR count). The second-order valence-corrected chi connectivity index (χ2v) is 13.9. The van der Waals surface area contributed by atoms with Gasteiger partial charge >= 0.3 is 6.18 Å². The highest BCUT2D eigenvalue weighted by Gasteiger charge is 2.45. The number of aryl methyl sites for hydroxylation is 1. The molecule has 2 N–H and O–H groups in total. The summed E-state index contributed by atoms with van der Waals surface area (Å²) in [6.45, 7) is 7.88. The van der Waals surface area contributed by atoms with Crippen molar-refractivity contribution in [2.45, 2.75) is 63.3 Å². The molecule has 0 spiro atoms. The van der Waals surface area contributed by atoms with Crippen molar-refractivity contribution in [1.29, 1.82) is 5.26 Å². The van der Waals surface area contributed by atoms with E-state index in [2.05, 4.69) is 12.1 Å². The van der Waals surface area contributed by atoms with E-state index in [1.54, 1.807) is 17.0 Å². The van der Waals surface area contributed by atoms with Crippen molar-refractivity contribution in [1.82, 2.24) is 0 Å². The van der Waals surface area contributed by atoms with Crippen LogP contribution in [0.2, 0.25) is 10.0 Å². The van der Waals surface area contributed by atoms with E-state index in [0.717, 1.165) is 39.3 Å². The minimum absolute atomic E-state index is 0.101. The SMILES string of the molecule is Cc1cc(CSc2cc(Cl)ccc2Cl)c(C)c(C2C(C#N)=C(N)N(c3ccc(C(F)(F)F)cc3)C3=C2C(=O)CC(C)(C)C3)c1. The fourth-order valence-electron chi connectivity index (χ4n) is 6.07. The Morgan fingerprint density at radius 1 is 1.07 bits per heavy atom. The Bertz CT molecular complexity index is 1770. The number of nitrogens with zero attached hydrogens (tertiary/aromatic N) is 2. The van der Waals surface area contributed by atoms with Gasteiger partial charge in [0.25, 0.3) is 0 Å². The number of hydrogen-bond donors (Lipinski definition) is 1. The molecule has 44 heavy (non-hydrogen) atoms. The number of hydrogen-bond acceptors (Lipinski definition) is 5. The molecular weight excluding hydrogens is 626 g/mol. The molecule has 0 fully saturated rings. The molecule has 0 aromatic heterocycles. The van der Waals surface area contributed by atoms with Gasteiger partial charge < -0.3 is 5.73 Å². The maximum absolute atomic E-state index is 14.0. The zero-order valence-electron chi connectivity index (χ0n) is 24.6. The van der Waals surface area contributed by atoms with Crippen LogP contribution in [0, 0.1) is 30.6 Å². The smallest absolute Gasteiger partial charge is 0.384 e. The number of benzene rings is 3. The zero-order valence-corrected chi connectivity index (χ0v) is 26.9. The van der Waals surface area contributed by atoms with Crippen LogP contribution in [0.1, 0.15) is 60.4 Å². The monoisotopic (exact) mass is 655 g/mol. The van der Waals surface area contributed by atoms with Crippen LogP contribution < -0.4 is 10.6 Å². The Morgan fingerprint density at radius 3 is 2.39 bits per heavy atom. The van der Waals surface area contributed by atoms with Crippen molar-refractivity contribution in [3.63, 3.8) is 0 Å². The van der Waals surface area contributed by atoms with Crippen molar-refractivity contribution < 1.29 is 18.0 Å². The number of halogens is 5. The van der Waals surface area contributed by atoms with Crippen LogP contribution in [0.15, 0.2) is 82.2 Å². The number of nitriles is 1. The summed E-state index contributed by atoms with van der Waals surface area (Å²) < 4.78 is 40.0. The van der Waals surface area contributed by atoms with Crippen LogP contribution in [-0.2, 0) is 16.7 Å². The van der Waals surface area contributed by atoms with Crippen LogP contribution in [0.3, 0.4) is 0 Å². The molecule has 228 valence electrons. The molecule has 1 aliphatic heterocycles. The van der Waals surface area contributed by atoms with Crippen molar-refractivity contribution in [2.24, 2.45) is 11.1 Å². The normalized spacial score (nSPS) is 18.4. The fourth-order valence-corrected chi connectivity index (χ4v) is 7.62. The first-order valence-electron chi connectivity index (χ1n) is 13.9. The minimum Gasteiger partial charge on any atom is -0.384 e. The van der Waals surface area contributed by atoms with Gasteiger partial charge in [-0.15, -0.1) is 11.8 Å². The van der Waals surface area contributed by atoms with Gasteiger partial charge in [-0.3, -0.25) is 9.69 Å². The van der Waals surface area contributed by atoms with Crippen LogP contribution in [0.5, 0.6) is 0 Å². The van der Waals surface area contributed by atoms with Crippen LogP contribution >= 0.6 is 35.0 Å². The lowest BCUT2D eigenvalue weighted by Gasteiger charge is -2.44. The molecule has 10 heteroatoms. The quantitative estimate of drug-likeness (QED) is 0.277. The number of nitrogens with two attached hydrogens (primary N) is 1. The fraction of sp³-hybridized carbons (Fsp3) is 0.294. The van der Waals surface area contributed by atoms with Gasteiger partial charge in [-0.05, 0) is 84.8 Å². The lowest BCUT2D eigenvalue weighted by molar-refractivity contribution is -0.137. The molecular formula is C34H30Cl2F3N3OS. The number of rotatable bonds is 5. The predicted octanol–water partition coefficient (Wildman–Crippen LogP) is 9.86. The van der Waals surface area contributed by atoms with Crippen molar-refractivity contribution in [2.75, 3.05) is 4.90 Å². The number of thioether (sulfide) groups is 1. The molecule has 0 saturated carbocycles. The number of anilines is 1. The molecule has 2 aliphatic rings. The molecule has 4 nitrogen and oxygen atoms in total. The van der Waals surface area contributed by atoms with Crippen LogP contribution in [-0.4, -0.2) is 5.78 Å². The van der Waals surface area contributed by atoms with Crippen molar-refractivity contribution >= 4 is 46.4 Å². The summed E-state index contributed by atoms with van der Waals surface area (Å²) in [7, 11) is 0. The molecule has 0 saturated heterocycles. The Hall–Kier alpha value is -3.38. The van der Waals surface area contributed by atoms with Gasteiger partial charge in [0.1, 0.15) is 5.82 Å². The molecule has 3 aromatic carbocycles. The van der Waals surface area contributed by atoms with Gasteiger partial charge in [-0.25, -0.2) is 0 Å². The summed E-state index contributed by atoms with van der Waals surface area (Å²) in [5.41, 5.74) is 10.8. The Labute approximate surface area is 269 Å². The average molecular weight is 657 g/mol. The summed E-state index contributed by atoms with van der Waals surface area (Å²) in [5.74, 6) is -0.161. The number of Topliss-reactive ketones (excluding diaryl/α,β-unsaturated/α-hetero) is 1. The van der Waals surface area contributed by atoms with E-state index >= 15 is 0 Å². The van der Waals surface area contributed by atoms with E-state index in [1.807, 2.05) is 39.8 Å². The van der Waals surface area contributed by atoms with Gasteiger partial charge in [0, 0.05) is 39.0 Å². The second-order valence-electron chi connectivity index (χ2n) is 12.0. The van der Waals surface area contributed by atoms with Gasteiger partial charge in [-0.1, -0.05) is 54.7 Å². The first kappa shape index (κ1) is 32.0. The van der Waals surface area contributed by atoms with E-state index in [-0.39, 0.29) is 23.6 Å². The summed E-state index contributed by atoms with van der Waals surface area (Å²) in [6, 6.07) is 16.2. The highest BCUT2D eigenvalue weighted by molar-refractivity contribution is 7.98. The molecule has 1 heterocycles. The Balaban J connectivity index is 1.66. The van der Waals surface area contributed by atoms with E-state index < -0.39 is 23.1 Å². The third-order valence-electron chi connectivity index (χ3n) is 8.12. The summed E-state index contributed by atoms with van der Waals surface area (Å²) in [6.07, 6.45) is -3.79. The average Bonchev–Trinajstić information content (AvgIpc) is 2.93. The number of carbonyl (C=O) groups excluding carboxylic acids is 1. The first-order valence-corrected chi connectivity index (χ1v) is 15.7. The Kier molecular flexibility index (Phi) is 8.62. The third-order valence-corrected chi connectivity index (χ3v) is 9.90. The van der Waals surface area contributed by atoms with E-state index in [9.17, 15) is 23.2 Å². The standard InChI is InChI=1S/C34H30Cl2F3N3OS/c1-18-11-20(17-44-29-13-22(35)7-10-26(29)36)19(2)24(12-18)30-25(16-40)32(41)42(23-8-5-21(6-9-23)34(37,38)39)27-14-33(3,4)15-28(43)31(27)30/h5-13,30H,14-15,17,41H2,1-4H3. The van der Waals surface area contributed by atoms with E-state index in [4.69, 9.17) is 28.9 Å². The molecule has 0 amide bonds. The number of allylic oxidation sites excluding steroid dienone is 3. The topological polar surface area (TPSA) is 70.1 Å². The largest absolute Gasteiger partial charge is 0.416 e. The summed E-state index contributed by atoms with van der Waals surface area (Å²) >= 11 is 14.1. The summed E-state index contributed by atoms with van der Waals surface area (Å²) in [4.78, 5) is 16.4. The van der Waals surface area contributed by atoms with Crippen molar-refractivity contribution in [3.05, 3.63) is 115 Å². The molecule has 0 bridgehead atoms. The molecule has 1 unspecified atom stereocenters. The van der Waals surface area contributed by atoms with Gasteiger partial charge in [0.05, 0.1) is 28.1 Å².